The van der Waals surface area contributed by atoms with E-state index in [9.17, 15) is 4.79 Å². The molecule has 0 N–H and O–H groups in total. The van der Waals surface area contributed by atoms with E-state index in [4.69, 9.17) is 18.9 Å². The van der Waals surface area contributed by atoms with Crippen LogP contribution in [0.5, 0.6) is 23.0 Å². The number of rotatable bonds is 8. The average molecular weight is 385 g/mol. The Morgan fingerprint density at radius 3 is 2.14 bits per heavy atom. The Balaban J connectivity index is 1.78. The molecule has 1 aliphatic rings. The Labute approximate surface area is 166 Å². The van der Waals surface area contributed by atoms with Gasteiger partial charge in [-0.1, -0.05) is 6.07 Å². The van der Waals surface area contributed by atoms with Crippen LogP contribution in [0.2, 0.25) is 0 Å². The van der Waals surface area contributed by atoms with E-state index < -0.39 is 0 Å². The fourth-order valence-corrected chi connectivity index (χ4v) is 3.66. The number of hydrogen-bond donors (Lipinski definition) is 0. The maximum Gasteiger partial charge on any atom is 0.223 e. The summed E-state index contributed by atoms with van der Waals surface area (Å²) in [5.74, 6) is 3.02. The van der Waals surface area contributed by atoms with Crippen molar-refractivity contribution in [3.8, 4) is 23.0 Å². The fourth-order valence-electron chi connectivity index (χ4n) is 3.66. The van der Waals surface area contributed by atoms with Crippen LogP contribution in [0.1, 0.15) is 24.0 Å². The van der Waals surface area contributed by atoms with Crippen molar-refractivity contribution in [3.05, 3.63) is 47.5 Å². The van der Waals surface area contributed by atoms with E-state index in [-0.39, 0.29) is 11.9 Å². The van der Waals surface area contributed by atoms with Gasteiger partial charge in [-0.25, -0.2) is 0 Å². The van der Waals surface area contributed by atoms with Gasteiger partial charge >= 0.3 is 0 Å². The normalized spacial score (nSPS) is 16.2. The molecule has 0 radical (unpaired) electrons. The van der Waals surface area contributed by atoms with Crippen molar-refractivity contribution in [2.75, 3.05) is 28.4 Å². The van der Waals surface area contributed by atoms with E-state index in [0.29, 0.717) is 24.5 Å². The molecule has 3 rings (SSSR count). The van der Waals surface area contributed by atoms with Crippen molar-refractivity contribution in [1.82, 2.24) is 4.90 Å². The second kappa shape index (κ2) is 8.87. The zero-order valence-corrected chi connectivity index (χ0v) is 16.9. The molecule has 6 nitrogen and oxygen atoms in total. The van der Waals surface area contributed by atoms with Crippen LogP contribution in [0.25, 0.3) is 0 Å². The minimum Gasteiger partial charge on any atom is -0.497 e. The number of benzene rings is 2. The van der Waals surface area contributed by atoms with Crippen LogP contribution in [0.15, 0.2) is 36.4 Å². The SMILES string of the molecule is COc1cc(CN2C(=O)CC[C@H]2Cc2ccc(OC)c(OC)c2)cc(OC)c1. The molecule has 6 heteroatoms. The lowest BCUT2D eigenvalue weighted by Gasteiger charge is -2.26. The van der Waals surface area contributed by atoms with Crippen LogP contribution in [-0.2, 0) is 17.8 Å². The quantitative estimate of drug-likeness (QED) is 0.697. The van der Waals surface area contributed by atoms with Crippen LogP contribution in [0.4, 0.5) is 0 Å². The molecule has 0 aliphatic carbocycles. The number of ether oxygens (including phenoxy) is 4. The number of carbonyl (C=O) groups excluding carboxylic acids is 1. The topological polar surface area (TPSA) is 57.2 Å². The van der Waals surface area contributed by atoms with Gasteiger partial charge in [-0.05, 0) is 48.2 Å². The number of nitrogens with zero attached hydrogens (tertiary/aromatic N) is 1. The molecule has 0 aromatic heterocycles. The predicted molar refractivity (Wildman–Crippen MR) is 106 cm³/mol. The lowest BCUT2D eigenvalue weighted by molar-refractivity contribution is -0.129. The molecule has 1 amide bonds. The summed E-state index contributed by atoms with van der Waals surface area (Å²) in [7, 11) is 6.50. The van der Waals surface area contributed by atoms with Crippen molar-refractivity contribution < 1.29 is 23.7 Å². The summed E-state index contributed by atoms with van der Waals surface area (Å²) in [4.78, 5) is 14.5. The highest BCUT2D eigenvalue weighted by Crippen LogP contribution is 2.31. The Morgan fingerprint density at radius 1 is 0.857 bits per heavy atom. The molecular formula is C22H27NO5. The third-order valence-electron chi connectivity index (χ3n) is 5.14. The lowest BCUT2D eigenvalue weighted by atomic mass is 10.0. The summed E-state index contributed by atoms with van der Waals surface area (Å²) in [6.45, 7) is 0.532. The summed E-state index contributed by atoms with van der Waals surface area (Å²) < 4.78 is 21.4. The Hall–Kier alpha value is -2.89. The highest BCUT2D eigenvalue weighted by molar-refractivity contribution is 5.78. The Kier molecular flexibility index (Phi) is 6.29. The molecule has 0 unspecified atom stereocenters. The fraction of sp³-hybridized carbons (Fsp3) is 0.409. The van der Waals surface area contributed by atoms with E-state index in [1.54, 1.807) is 28.4 Å². The smallest absolute Gasteiger partial charge is 0.223 e. The predicted octanol–water partition coefficient (Wildman–Crippen LogP) is 3.45. The van der Waals surface area contributed by atoms with Crippen molar-refractivity contribution in [3.63, 3.8) is 0 Å². The molecule has 0 spiro atoms. The molecule has 2 aromatic rings. The van der Waals surface area contributed by atoms with Crippen LogP contribution in [0, 0.1) is 0 Å². The van der Waals surface area contributed by atoms with Gasteiger partial charge in [0.05, 0.1) is 28.4 Å². The van der Waals surface area contributed by atoms with Crippen molar-refractivity contribution >= 4 is 5.91 Å². The molecule has 1 heterocycles. The van der Waals surface area contributed by atoms with Crippen LogP contribution < -0.4 is 18.9 Å². The standard InChI is InChI=1S/C22H27NO5/c1-25-18-10-16(11-19(13-18)26-2)14-23-17(6-8-22(23)24)9-15-5-7-20(27-3)21(12-15)28-4/h5,7,10-13,17H,6,8-9,14H2,1-4H3/t17-/m0/s1. The Morgan fingerprint density at radius 2 is 1.54 bits per heavy atom. The summed E-state index contributed by atoms with van der Waals surface area (Å²) in [6, 6.07) is 11.8. The first-order chi connectivity index (χ1) is 13.6. The number of carbonyl (C=O) groups is 1. The molecule has 150 valence electrons. The second-order valence-corrected chi connectivity index (χ2v) is 6.83. The molecule has 0 saturated carbocycles. The van der Waals surface area contributed by atoms with E-state index in [0.717, 1.165) is 35.5 Å². The number of methoxy groups -OCH3 is 4. The molecule has 1 atom stereocenters. The van der Waals surface area contributed by atoms with Crippen molar-refractivity contribution in [2.24, 2.45) is 0 Å². The van der Waals surface area contributed by atoms with Crippen molar-refractivity contribution in [1.29, 1.82) is 0 Å². The maximum absolute atomic E-state index is 12.5. The number of amides is 1. The first-order valence-corrected chi connectivity index (χ1v) is 9.30. The minimum atomic E-state index is 0.141. The molecule has 0 bridgehead atoms. The highest BCUT2D eigenvalue weighted by Gasteiger charge is 2.31. The van der Waals surface area contributed by atoms with Gasteiger partial charge in [-0.3, -0.25) is 4.79 Å². The van der Waals surface area contributed by atoms with Gasteiger partial charge in [0.2, 0.25) is 5.91 Å². The van der Waals surface area contributed by atoms with Crippen LogP contribution >= 0.6 is 0 Å². The summed E-state index contributed by atoms with van der Waals surface area (Å²) in [5, 5.41) is 0. The van der Waals surface area contributed by atoms with E-state index in [1.807, 2.05) is 41.3 Å². The van der Waals surface area contributed by atoms with Gasteiger partial charge in [-0.2, -0.15) is 0 Å². The van der Waals surface area contributed by atoms with E-state index >= 15 is 0 Å². The molecule has 2 aromatic carbocycles. The van der Waals surface area contributed by atoms with Gasteiger partial charge in [0.25, 0.3) is 0 Å². The monoisotopic (exact) mass is 385 g/mol. The summed E-state index contributed by atoms with van der Waals surface area (Å²) >= 11 is 0. The molecule has 1 aliphatic heterocycles. The van der Waals surface area contributed by atoms with Gasteiger partial charge in [0.15, 0.2) is 11.5 Å². The van der Waals surface area contributed by atoms with Crippen LogP contribution in [0.3, 0.4) is 0 Å². The zero-order valence-electron chi connectivity index (χ0n) is 16.9. The van der Waals surface area contributed by atoms with E-state index in [1.165, 1.54) is 0 Å². The molecule has 1 saturated heterocycles. The van der Waals surface area contributed by atoms with Gasteiger partial charge in [-0.15, -0.1) is 0 Å². The minimum absolute atomic E-state index is 0.141. The largest absolute Gasteiger partial charge is 0.497 e. The zero-order chi connectivity index (χ0) is 20.1. The second-order valence-electron chi connectivity index (χ2n) is 6.83. The third kappa shape index (κ3) is 4.32. The van der Waals surface area contributed by atoms with Gasteiger partial charge in [0.1, 0.15) is 11.5 Å². The highest BCUT2D eigenvalue weighted by atomic mass is 16.5. The maximum atomic E-state index is 12.5. The number of likely N-dealkylation sites (tertiary alicyclic amines) is 1. The average Bonchev–Trinajstić information content (AvgIpc) is 3.06. The molecule has 28 heavy (non-hydrogen) atoms. The first-order valence-electron chi connectivity index (χ1n) is 9.30. The molecular weight excluding hydrogens is 358 g/mol. The first kappa shape index (κ1) is 19.9. The summed E-state index contributed by atoms with van der Waals surface area (Å²) in [6.07, 6.45) is 2.18. The van der Waals surface area contributed by atoms with Gasteiger partial charge in [0, 0.05) is 25.1 Å². The van der Waals surface area contributed by atoms with Gasteiger partial charge < -0.3 is 23.8 Å². The lowest BCUT2D eigenvalue weighted by Crippen LogP contribution is -2.33. The van der Waals surface area contributed by atoms with E-state index in [2.05, 4.69) is 0 Å². The summed E-state index contributed by atoms with van der Waals surface area (Å²) in [5.41, 5.74) is 2.11. The van der Waals surface area contributed by atoms with Crippen LogP contribution in [-0.4, -0.2) is 45.3 Å². The molecule has 1 fully saturated rings. The number of hydrogen-bond acceptors (Lipinski definition) is 5. The third-order valence-corrected chi connectivity index (χ3v) is 5.14. The van der Waals surface area contributed by atoms with Crippen molar-refractivity contribution in [2.45, 2.75) is 31.8 Å². The Bertz CT molecular complexity index is 813.